The first kappa shape index (κ1) is 12.6. The average Bonchev–Trinajstić information content (AvgIpc) is 2.30. The summed E-state index contributed by atoms with van der Waals surface area (Å²) < 4.78 is 5.97. The molecule has 0 radical (unpaired) electrons. The molecule has 1 aromatic heterocycles. The van der Waals surface area contributed by atoms with Gasteiger partial charge >= 0.3 is 5.63 Å². The number of aromatic hydroxyl groups is 1. The second-order valence-corrected chi connectivity index (χ2v) is 4.67. The first-order valence-corrected chi connectivity index (χ1v) is 6.18. The maximum Gasteiger partial charge on any atom is 0.339 e. The monoisotopic (exact) mass is 306 g/mol. The summed E-state index contributed by atoms with van der Waals surface area (Å²) in [5.74, 6) is 0.367. The summed E-state index contributed by atoms with van der Waals surface area (Å²) in [6.07, 6.45) is 4.26. The van der Waals surface area contributed by atoms with Gasteiger partial charge in [0.15, 0.2) is 0 Å². The highest BCUT2D eigenvalue weighted by molar-refractivity contribution is 9.10. The molecule has 0 aliphatic rings. The van der Waals surface area contributed by atoms with Crippen molar-refractivity contribution in [1.82, 2.24) is 0 Å². The zero-order valence-corrected chi connectivity index (χ0v) is 11.1. The molecule has 0 saturated heterocycles. The largest absolute Gasteiger partial charge is 0.508 e. The van der Waals surface area contributed by atoms with Gasteiger partial charge < -0.3 is 9.52 Å². The summed E-state index contributed by atoms with van der Waals surface area (Å²) in [6, 6.07) is 10.3. The van der Waals surface area contributed by atoms with Gasteiger partial charge in [-0.2, -0.15) is 0 Å². The summed E-state index contributed by atoms with van der Waals surface area (Å²) >= 11 is 3.36. The van der Waals surface area contributed by atoms with E-state index < -0.39 is 5.63 Å². The van der Waals surface area contributed by atoms with Crippen LogP contribution in [0.3, 0.4) is 0 Å². The van der Waals surface area contributed by atoms with Crippen LogP contribution in [-0.4, -0.2) is 5.11 Å². The molecular formula is C14H11BrO3. The molecule has 0 unspecified atom stereocenters. The van der Waals surface area contributed by atoms with E-state index in [1.807, 2.05) is 36.4 Å². The van der Waals surface area contributed by atoms with Crippen molar-refractivity contribution >= 4 is 22.0 Å². The van der Waals surface area contributed by atoms with Crippen molar-refractivity contribution < 1.29 is 9.52 Å². The van der Waals surface area contributed by atoms with Crippen LogP contribution in [0.2, 0.25) is 0 Å². The molecule has 3 nitrogen and oxygen atoms in total. The molecule has 1 heterocycles. The molecule has 0 spiro atoms. The number of rotatable bonds is 3. The zero-order valence-electron chi connectivity index (χ0n) is 9.47. The third-order valence-corrected chi connectivity index (χ3v) is 2.83. The molecule has 0 aliphatic heterocycles. The van der Waals surface area contributed by atoms with Gasteiger partial charge in [-0.3, -0.25) is 0 Å². The Hall–Kier alpha value is -1.81. The second kappa shape index (κ2) is 5.69. The van der Waals surface area contributed by atoms with E-state index in [1.54, 1.807) is 0 Å². The summed E-state index contributed by atoms with van der Waals surface area (Å²) in [4.78, 5) is 11.0. The molecule has 4 heteroatoms. The second-order valence-electron chi connectivity index (χ2n) is 3.76. The van der Waals surface area contributed by atoms with Crippen LogP contribution in [-0.2, 0) is 6.42 Å². The summed E-state index contributed by atoms with van der Waals surface area (Å²) in [7, 11) is 0. The van der Waals surface area contributed by atoms with Crippen LogP contribution in [0.25, 0.3) is 6.08 Å². The Balaban J connectivity index is 2.07. The Labute approximate surface area is 113 Å². The maximum atomic E-state index is 11.0. The first-order chi connectivity index (χ1) is 8.63. The van der Waals surface area contributed by atoms with Gasteiger partial charge in [-0.05, 0) is 17.7 Å². The predicted molar refractivity (Wildman–Crippen MR) is 73.5 cm³/mol. The Morgan fingerprint density at radius 2 is 1.94 bits per heavy atom. The van der Waals surface area contributed by atoms with E-state index in [0.29, 0.717) is 12.2 Å². The number of hydrogen-bond acceptors (Lipinski definition) is 3. The van der Waals surface area contributed by atoms with Gasteiger partial charge in [0.2, 0.25) is 0 Å². The van der Waals surface area contributed by atoms with Crippen molar-refractivity contribution in [2.45, 2.75) is 6.42 Å². The summed E-state index contributed by atoms with van der Waals surface area (Å²) in [5.41, 5.74) is 0.516. The van der Waals surface area contributed by atoms with E-state index in [2.05, 4.69) is 15.9 Å². The number of benzene rings is 1. The third-order valence-electron chi connectivity index (χ3n) is 2.31. The fraction of sp³-hybridized carbons (Fsp3) is 0.0714. The number of halogens is 1. The normalized spacial score (nSPS) is 10.9. The van der Waals surface area contributed by atoms with Crippen LogP contribution in [0.1, 0.15) is 11.3 Å². The SMILES string of the molecule is O=c1cc(O)cc(C/C=C/c2ccc(Br)cc2)o1. The fourth-order valence-electron chi connectivity index (χ4n) is 1.50. The number of allylic oxidation sites excluding steroid dienone is 1. The van der Waals surface area contributed by atoms with Gasteiger partial charge in [0.05, 0.1) is 6.07 Å². The fourth-order valence-corrected chi connectivity index (χ4v) is 1.77. The molecule has 0 atom stereocenters. The molecular weight excluding hydrogens is 296 g/mol. The van der Waals surface area contributed by atoms with E-state index in [-0.39, 0.29) is 5.75 Å². The van der Waals surface area contributed by atoms with Crippen LogP contribution in [0, 0.1) is 0 Å². The molecule has 0 bridgehead atoms. The molecule has 1 aromatic carbocycles. The Bertz CT molecular complexity index is 612. The lowest BCUT2D eigenvalue weighted by atomic mass is 10.2. The van der Waals surface area contributed by atoms with Crippen LogP contribution in [0.4, 0.5) is 0 Å². The van der Waals surface area contributed by atoms with Crippen LogP contribution >= 0.6 is 15.9 Å². The average molecular weight is 307 g/mol. The quantitative estimate of drug-likeness (QED) is 0.946. The standard InChI is InChI=1S/C14H11BrO3/c15-11-6-4-10(5-7-11)2-1-3-13-8-12(16)9-14(17)18-13/h1-2,4-9,16H,3H2/b2-1+. The van der Waals surface area contributed by atoms with Crippen molar-refractivity contribution in [2.24, 2.45) is 0 Å². The third kappa shape index (κ3) is 3.60. The minimum atomic E-state index is -0.540. The van der Waals surface area contributed by atoms with E-state index in [0.717, 1.165) is 16.1 Å². The molecule has 0 aliphatic carbocycles. The smallest absolute Gasteiger partial charge is 0.339 e. The summed E-state index contributed by atoms with van der Waals surface area (Å²) in [5, 5.41) is 9.25. The molecule has 92 valence electrons. The highest BCUT2D eigenvalue weighted by Gasteiger charge is 1.98. The molecule has 0 fully saturated rings. The van der Waals surface area contributed by atoms with E-state index in [1.165, 1.54) is 6.07 Å². The van der Waals surface area contributed by atoms with Crippen molar-refractivity contribution in [1.29, 1.82) is 0 Å². The van der Waals surface area contributed by atoms with Crippen molar-refractivity contribution in [2.75, 3.05) is 0 Å². The van der Waals surface area contributed by atoms with Crippen molar-refractivity contribution in [3.05, 3.63) is 68.7 Å². The van der Waals surface area contributed by atoms with Crippen molar-refractivity contribution in [3.63, 3.8) is 0 Å². The van der Waals surface area contributed by atoms with Gasteiger partial charge in [-0.25, -0.2) is 4.79 Å². The lowest BCUT2D eigenvalue weighted by Gasteiger charge is -1.96. The van der Waals surface area contributed by atoms with E-state index >= 15 is 0 Å². The Morgan fingerprint density at radius 3 is 2.61 bits per heavy atom. The minimum absolute atomic E-state index is 0.0710. The van der Waals surface area contributed by atoms with Crippen molar-refractivity contribution in [3.8, 4) is 5.75 Å². The highest BCUT2D eigenvalue weighted by atomic mass is 79.9. The molecule has 1 N–H and O–H groups in total. The zero-order chi connectivity index (χ0) is 13.0. The molecule has 2 rings (SSSR count). The van der Waals surface area contributed by atoms with Crippen LogP contribution in [0.5, 0.6) is 5.75 Å². The van der Waals surface area contributed by atoms with E-state index in [4.69, 9.17) is 4.42 Å². The maximum absolute atomic E-state index is 11.0. The van der Waals surface area contributed by atoms with Crippen LogP contribution < -0.4 is 5.63 Å². The topological polar surface area (TPSA) is 50.4 Å². The summed E-state index contributed by atoms with van der Waals surface area (Å²) in [6.45, 7) is 0. The lowest BCUT2D eigenvalue weighted by molar-refractivity contribution is 0.429. The number of hydrogen-bond donors (Lipinski definition) is 1. The van der Waals surface area contributed by atoms with Gasteiger partial charge in [-0.1, -0.05) is 40.2 Å². The minimum Gasteiger partial charge on any atom is -0.508 e. The lowest BCUT2D eigenvalue weighted by Crippen LogP contribution is -1.97. The van der Waals surface area contributed by atoms with Gasteiger partial charge in [0.1, 0.15) is 11.5 Å². The molecule has 2 aromatic rings. The molecule has 0 saturated carbocycles. The van der Waals surface area contributed by atoms with Gasteiger partial charge in [0.25, 0.3) is 0 Å². The highest BCUT2D eigenvalue weighted by Crippen LogP contribution is 2.13. The van der Waals surface area contributed by atoms with Gasteiger partial charge in [-0.15, -0.1) is 0 Å². The van der Waals surface area contributed by atoms with Gasteiger partial charge in [0, 0.05) is 17.0 Å². The molecule has 0 amide bonds. The Morgan fingerprint density at radius 1 is 1.22 bits per heavy atom. The predicted octanol–water partition coefficient (Wildman–Crippen LogP) is 3.36. The van der Waals surface area contributed by atoms with Crippen LogP contribution in [0.15, 0.2) is 56.2 Å². The first-order valence-electron chi connectivity index (χ1n) is 5.38. The molecule has 18 heavy (non-hydrogen) atoms. The Kier molecular flexibility index (Phi) is 3.99. The van der Waals surface area contributed by atoms with E-state index in [9.17, 15) is 9.90 Å².